The highest BCUT2D eigenvalue weighted by atomic mass is 16.5. The summed E-state index contributed by atoms with van der Waals surface area (Å²) < 4.78 is 5.86. The molecule has 5 nitrogen and oxygen atoms in total. The third-order valence-electron chi connectivity index (χ3n) is 4.84. The van der Waals surface area contributed by atoms with E-state index in [4.69, 9.17) is 4.74 Å². The number of amides is 1. The van der Waals surface area contributed by atoms with Crippen LogP contribution in [0.5, 0.6) is 0 Å². The summed E-state index contributed by atoms with van der Waals surface area (Å²) in [6.45, 7) is 10.3. The number of nitrogens with one attached hydrogen (secondary N) is 1. The number of hydrogen-bond acceptors (Lipinski definition) is 4. The van der Waals surface area contributed by atoms with Gasteiger partial charge >= 0.3 is 0 Å². The van der Waals surface area contributed by atoms with Gasteiger partial charge in [0.2, 0.25) is 5.91 Å². The SMILES string of the molecule is CC(C)C(=O)NCc1cc(N2C[C@@H](C)O[C@@H](C)C2)ccc1-c1ccncc1. The molecular formula is C22H29N3O2. The second-order valence-corrected chi connectivity index (χ2v) is 7.61. The van der Waals surface area contributed by atoms with E-state index in [1.165, 1.54) is 5.69 Å². The van der Waals surface area contributed by atoms with Gasteiger partial charge in [-0.15, -0.1) is 0 Å². The lowest BCUT2D eigenvalue weighted by Crippen LogP contribution is -2.45. The molecule has 1 aromatic carbocycles. The van der Waals surface area contributed by atoms with Crippen molar-refractivity contribution in [2.75, 3.05) is 18.0 Å². The van der Waals surface area contributed by atoms with Crippen molar-refractivity contribution in [2.45, 2.75) is 46.4 Å². The number of benzene rings is 1. The highest BCUT2D eigenvalue weighted by molar-refractivity contribution is 5.78. The molecule has 2 aromatic rings. The van der Waals surface area contributed by atoms with E-state index < -0.39 is 0 Å². The minimum absolute atomic E-state index is 0.0292. The number of hydrogen-bond donors (Lipinski definition) is 1. The highest BCUT2D eigenvalue weighted by Crippen LogP contribution is 2.29. The first-order chi connectivity index (χ1) is 12.9. The molecule has 1 aliphatic heterocycles. The average molecular weight is 367 g/mol. The molecule has 1 aliphatic rings. The highest BCUT2D eigenvalue weighted by Gasteiger charge is 2.23. The van der Waals surface area contributed by atoms with Crippen molar-refractivity contribution in [1.29, 1.82) is 0 Å². The number of morpholine rings is 1. The Kier molecular flexibility index (Phi) is 6.11. The summed E-state index contributed by atoms with van der Waals surface area (Å²) in [5.41, 5.74) is 4.51. The molecule has 0 aliphatic carbocycles. The zero-order valence-electron chi connectivity index (χ0n) is 16.6. The summed E-state index contributed by atoms with van der Waals surface area (Å²) >= 11 is 0. The maximum Gasteiger partial charge on any atom is 0.222 e. The molecule has 2 atom stereocenters. The van der Waals surface area contributed by atoms with Crippen LogP contribution in [-0.4, -0.2) is 36.2 Å². The summed E-state index contributed by atoms with van der Waals surface area (Å²) in [5.74, 6) is 0.0354. The largest absolute Gasteiger partial charge is 0.372 e. The predicted octanol–water partition coefficient (Wildman–Crippen LogP) is 3.63. The van der Waals surface area contributed by atoms with Gasteiger partial charge in [0.1, 0.15) is 0 Å². The van der Waals surface area contributed by atoms with Crippen LogP contribution < -0.4 is 10.2 Å². The first kappa shape index (κ1) is 19.4. The molecule has 1 saturated heterocycles. The number of pyridine rings is 1. The third kappa shape index (κ3) is 4.86. The van der Waals surface area contributed by atoms with Crippen LogP contribution in [0, 0.1) is 5.92 Å². The molecule has 0 radical (unpaired) electrons. The standard InChI is InChI=1S/C22H29N3O2/c1-15(2)22(26)24-12-19-11-20(25-13-16(3)27-17(4)14-25)5-6-21(19)18-7-9-23-10-8-18/h5-11,15-17H,12-14H2,1-4H3,(H,24,26)/t16-,17+. The average Bonchev–Trinajstić information content (AvgIpc) is 2.65. The molecule has 144 valence electrons. The maximum atomic E-state index is 12.1. The van der Waals surface area contributed by atoms with E-state index in [0.717, 1.165) is 29.8 Å². The zero-order valence-corrected chi connectivity index (χ0v) is 16.6. The summed E-state index contributed by atoms with van der Waals surface area (Å²) in [6.07, 6.45) is 4.01. The lowest BCUT2D eigenvalue weighted by atomic mass is 9.99. The summed E-state index contributed by atoms with van der Waals surface area (Å²) in [4.78, 5) is 18.6. The molecule has 1 amide bonds. The number of anilines is 1. The van der Waals surface area contributed by atoms with Gasteiger partial charge in [-0.05, 0) is 54.8 Å². The number of carbonyl (C=O) groups excluding carboxylic acids is 1. The molecule has 27 heavy (non-hydrogen) atoms. The van der Waals surface area contributed by atoms with Crippen molar-refractivity contribution in [3.05, 3.63) is 48.3 Å². The fraction of sp³-hybridized carbons (Fsp3) is 0.455. The smallest absolute Gasteiger partial charge is 0.222 e. The molecule has 1 N–H and O–H groups in total. The Morgan fingerprint density at radius 1 is 1.19 bits per heavy atom. The second-order valence-electron chi connectivity index (χ2n) is 7.61. The number of ether oxygens (including phenoxy) is 1. The van der Waals surface area contributed by atoms with Crippen LogP contribution in [0.15, 0.2) is 42.7 Å². The third-order valence-corrected chi connectivity index (χ3v) is 4.84. The zero-order chi connectivity index (χ0) is 19.4. The van der Waals surface area contributed by atoms with Gasteiger partial charge in [0, 0.05) is 43.6 Å². The molecular weight excluding hydrogens is 338 g/mol. The Balaban J connectivity index is 1.91. The summed E-state index contributed by atoms with van der Waals surface area (Å²) in [7, 11) is 0. The van der Waals surface area contributed by atoms with Crippen molar-refractivity contribution in [1.82, 2.24) is 10.3 Å². The van der Waals surface area contributed by atoms with Crippen LogP contribution in [0.4, 0.5) is 5.69 Å². The molecule has 1 fully saturated rings. The van der Waals surface area contributed by atoms with Crippen molar-refractivity contribution >= 4 is 11.6 Å². The lowest BCUT2D eigenvalue weighted by molar-refractivity contribution is -0.124. The van der Waals surface area contributed by atoms with Crippen LogP contribution in [0.25, 0.3) is 11.1 Å². The minimum Gasteiger partial charge on any atom is -0.372 e. The topological polar surface area (TPSA) is 54.5 Å². The molecule has 0 unspecified atom stereocenters. The fourth-order valence-electron chi connectivity index (χ4n) is 3.51. The minimum atomic E-state index is -0.0292. The van der Waals surface area contributed by atoms with E-state index in [9.17, 15) is 4.79 Å². The van der Waals surface area contributed by atoms with Crippen LogP contribution in [0.2, 0.25) is 0 Å². The van der Waals surface area contributed by atoms with E-state index in [0.29, 0.717) is 6.54 Å². The normalized spacial score (nSPS) is 20.0. The quantitative estimate of drug-likeness (QED) is 0.877. The number of nitrogens with zero attached hydrogens (tertiary/aromatic N) is 2. The van der Waals surface area contributed by atoms with Gasteiger partial charge in [-0.25, -0.2) is 0 Å². The van der Waals surface area contributed by atoms with Crippen molar-refractivity contribution < 1.29 is 9.53 Å². The molecule has 0 spiro atoms. The van der Waals surface area contributed by atoms with E-state index in [1.807, 2.05) is 26.0 Å². The van der Waals surface area contributed by atoms with Crippen LogP contribution in [0.3, 0.4) is 0 Å². The summed E-state index contributed by atoms with van der Waals surface area (Å²) in [5, 5.41) is 3.06. The van der Waals surface area contributed by atoms with Gasteiger partial charge in [0.05, 0.1) is 12.2 Å². The maximum absolute atomic E-state index is 12.1. The van der Waals surface area contributed by atoms with Crippen molar-refractivity contribution in [3.63, 3.8) is 0 Å². The van der Waals surface area contributed by atoms with Gasteiger partial charge in [0.15, 0.2) is 0 Å². The Hall–Kier alpha value is -2.40. The Labute approximate surface area is 161 Å². The first-order valence-electron chi connectivity index (χ1n) is 9.65. The predicted molar refractivity (Wildman–Crippen MR) is 109 cm³/mol. The molecule has 2 heterocycles. The van der Waals surface area contributed by atoms with E-state index >= 15 is 0 Å². The van der Waals surface area contributed by atoms with E-state index in [1.54, 1.807) is 12.4 Å². The Morgan fingerprint density at radius 3 is 2.48 bits per heavy atom. The second kappa shape index (κ2) is 8.53. The number of aromatic nitrogens is 1. The van der Waals surface area contributed by atoms with Gasteiger partial charge in [-0.1, -0.05) is 19.9 Å². The first-order valence-corrected chi connectivity index (χ1v) is 9.65. The van der Waals surface area contributed by atoms with Gasteiger partial charge in [-0.2, -0.15) is 0 Å². The van der Waals surface area contributed by atoms with Crippen LogP contribution in [0.1, 0.15) is 33.3 Å². The van der Waals surface area contributed by atoms with Crippen molar-refractivity contribution in [3.8, 4) is 11.1 Å². The van der Waals surface area contributed by atoms with Gasteiger partial charge < -0.3 is 15.0 Å². The van der Waals surface area contributed by atoms with Gasteiger partial charge in [-0.3, -0.25) is 9.78 Å². The number of carbonyl (C=O) groups is 1. The van der Waals surface area contributed by atoms with E-state index in [2.05, 4.69) is 47.2 Å². The lowest BCUT2D eigenvalue weighted by Gasteiger charge is -2.37. The summed E-state index contributed by atoms with van der Waals surface area (Å²) in [6, 6.07) is 10.5. The Bertz CT molecular complexity index is 766. The fourth-order valence-corrected chi connectivity index (χ4v) is 3.51. The van der Waals surface area contributed by atoms with Gasteiger partial charge in [0.25, 0.3) is 0 Å². The van der Waals surface area contributed by atoms with E-state index in [-0.39, 0.29) is 24.0 Å². The molecule has 1 aromatic heterocycles. The molecule has 0 bridgehead atoms. The number of rotatable bonds is 5. The van der Waals surface area contributed by atoms with Crippen LogP contribution >= 0.6 is 0 Å². The Morgan fingerprint density at radius 2 is 1.85 bits per heavy atom. The van der Waals surface area contributed by atoms with Crippen LogP contribution in [-0.2, 0) is 16.1 Å². The molecule has 5 heteroatoms. The molecule has 3 rings (SSSR count). The molecule has 0 saturated carbocycles. The van der Waals surface area contributed by atoms with Crippen molar-refractivity contribution in [2.24, 2.45) is 5.92 Å². The monoisotopic (exact) mass is 367 g/mol.